The van der Waals surface area contributed by atoms with Crippen LogP contribution in [0.1, 0.15) is 59.8 Å². The number of allylic oxidation sites excluding steroid dienone is 1. The Morgan fingerprint density at radius 3 is 2.16 bits per heavy atom. The minimum Gasteiger partial charge on any atom is -0.330 e. The van der Waals surface area contributed by atoms with E-state index in [0.29, 0.717) is 25.7 Å². The van der Waals surface area contributed by atoms with E-state index in [-0.39, 0.29) is 18.7 Å². The van der Waals surface area contributed by atoms with Crippen LogP contribution in [0.3, 0.4) is 0 Å². The van der Waals surface area contributed by atoms with Crippen LogP contribution in [0.2, 0.25) is 0 Å². The van der Waals surface area contributed by atoms with E-state index in [1.165, 1.54) is 6.92 Å². The molecule has 1 heterocycles. The Morgan fingerprint density at radius 1 is 1.16 bits per heavy atom. The molecule has 1 N–H and O–H groups in total. The zero-order valence-electron chi connectivity index (χ0n) is 15.0. The molecule has 0 aromatic heterocycles. The second-order valence-electron chi connectivity index (χ2n) is 6.23. The van der Waals surface area contributed by atoms with Crippen LogP contribution in [-0.4, -0.2) is 40.8 Å². The van der Waals surface area contributed by atoms with Crippen molar-refractivity contribution in [3.63, 3.8) is 0 Å². The van der Waals surface area contributed by atoms with Crippen LogP contribution in [0, 0.1) is 0 Å². The molecular weight excluding hydrogens is 337 g/mol. The third-order valence-corrected chi connectivity index (χ3v) is 4.30. The molecule has 0 saturated heterocycles. The van der Waals surface area contributed by atoms with Crippen molar-refractivity contribution in [2.75, 3.05) is 6.54 Å². The van der Waals surface area contributed by atoms with Crippen LogP contribution in [0.5, 0.6) is 0 Å². The van der Waals surface area contributed by atoms with E-state index in [9.17, 15) is 27.6 Å². The maximum absolute atomic E-state index is 14.0. The van der Waals surface area contributed by atoms with Crippen molar-refractivity contribution >= 4 is 17.6 Å². The van der Waals surface area contributed by atoms with E-state index in [0.717, 1.165) is 11.8 Å². The summed E-state index contributed by atoms with van der Waals surface area (Å²) in [6.07, 6.45) is -3.07. The molecule has 8 heteroatoms. The van der Waals surface area contributed by atoms with Gasteiger partial charge in [-0.15, -0.1) is 0 Å². The molecule has 0 aromatic carbocycles. The summed E-state index contributed by atoms with van der Waals surface area (Å²) in [6, 6.07) is 0. The molecule has 1 aliphatic rings. The molecule has 142 valence electrons. The number of halogens is 3. The summed E-state index contributed by atoms with van der Waals surface area (Å²) in [4.78, 5) is 37.7. The topological polar surface area (TPSA) is 66.5 Å². The average molecular weight is 362 g/mol. The van der Waals surface area contributed by atoms with Crippen molar-refractivity contribution < 1.29 is 27.6 Å². The molecule has 2 amide bonds. The van der Waals surface area contributed by atoms with Crippen LogP contribution in [-0.2, 0) is 14.4 Å². The van der Waals surface area contributed by atoms with Gasteiger partial charge < -0.3 is 10.2 Å². The average Bonchev–Trinajstić information content (AvgIpc) is 2.71. The van der Waals surface area contributed by atoms with Crippen molar-refractivity contribution in [2.24, 2.45) is 0 Å². The highest BCUT2D eigenvalue weighted by atomic mass is 19.4. The number of Topliss-reactive ketones (excluding diaryl/α,β-unsaturated/α-hetero) is 1. The number of unbranched alkanes of at least 4 members (excludes halogenated alkanes) is 2. The quantitative estimate of drug-likeness (QED) is 0.722. The van der Waals surface area contributed by atoms with Gasteiger partial charge in [0.2, 0.25) is 11.4 Å². The monoisotopic (exact) mass is 362 g/mol. The molecule has 0 unspecified atom stereocenters. The van der Waals surface area contributed by atoms with Crippen molar-refractivity contribution in [3.05, 3.63) is 11.3 Å². The lowest BCUT2D eigenvalue weighted by atomic mass is 9.86. The lowest BCUT2D eigenvalue weighted by Crippen LogP contribution is -2.66. The summed E-state index contributed by atoms with van der Waals surface area (Å²) < 4.78 is 41.9. The Morgan fingerprint density at radius 2 is 1.72 bits per heavy atom. The molecule has 0 spiro atoms. The van der Waals surface area contributed by atoms with E-state index < -0.39 is 34.9 Å². The third kappa shape index (κ3) is 3.88. The Hall–Kier alpha value is -1.86. The number of hydrogen-bond acceptors (Lipinski definition) is 3. The summed E-state index contributed by atoms with van der Waals surface area (Å²) in [5.74, 6) is -3.07. The largest absolute Gasteiger partial charge is 0.425 e. The van der Waals surface area contributed by atoms with Gasteiger partial charge in [0.1, 0.15) is 0 Å². The maximum atomic E-state index is 14.0. The summed E-state index contributed by atoms with van der Waals surface area (Å²) >= 11 is 0. The van der Waals surface area contributed by atoms with Crippen LogP contribution in [0.4, 0.5) is 13.2 Å². The molecule has 0 aromatic rings. The predicted molar refractivity (Wildman–Crippen MR) is 86.5 cm³/mol. The van der Waals surface area contributed by atoms with Gasteiger partial charge in [-0.3, -0.25) is 14.4 Å². The zero-order chi connectivity index (χ0) is 19.4. The van der Waals surface area contributed by atoms with Crippen molar-refractivity contribution in [2.45, 2.75) is 71.5 Å². The summed E-state index contributed by atoms with van der Waals surface area (Å²) in [5.41, 5.74) is -4.02. The number of nitrogens with zero attached hydrogens (tertiary/aromatic N) is 1. The van der Waals surface area contributed by atoms with Gasteiger partial charge in [-0.1, -0.05) is 26.7 Å². The fraction of sp³-hybridized carbons (Fsp3) is 0.706. The highest BCUT2D eigenvalue weighted by molar-refractivity contribution is 6.11. The van der Waals surface area contributed by atoms with Crippen molar-refractivity contribution in [3.8, 4) is 0 Å². The number of amides is 2. The van der Waals surface area contributed by atoms with Crippen molar-refractivity contribution in [1.82, 2.24) is 10.2 Å². The predicted octanol–water partition coefficient (Wildman–Crippen LogP) is 3.10. The number of carbonyl (C=O) groups is 3. The Bertz CT molecular complexity index is 584. The first kappa shape index (κ1) is 21.2. The van der Waals surface area contributed by atoms with Crippen LogP contribution < -0.4 is 5.32 Å². The number of ketones is 1. The Balaban J connectivity index is 3.44. The highest BCUT2D eigenvalue weighted by Gasteiger charge is 2.69. The number of alkyl halides is 3. The Kier molecular flexibility index (Phi) is 6.79. The lowest BCUT2D eigenvalue weighted by molar-refractivity contribution is -0.194. The van der Waals surface area contributed by atoms with E-state index in [1.807, 2.05) is 12.2 Å². The molecule has 0 bridgehead atoms. The number of carbonyl (C=O) groups excluding carboxylic acids is 3. The second-order valence-corrected chi connectivity index (χ2v) is 6.23. The fourth-order valence-electron chi connectivity index (χ4n) is 3.03. The summed E-state index contributed by atoms with van der Waals surface area (Å²) in [5, 5.41) is 1.85. The standard InChI is InChI=1S/C17H25F3N2O3/c1-5-7-9-13(24)21-16(17(18,19)20)14(12(4)23)11(3)22(15(16)25)10-8-6-2/h5-10H2,1-4H3,(H,21,24)/t16-/m1/s1. The van der Waals surface area contributed by atoms with E-state index in [2.05, 4.69) is 0 Å². The van der Waals surface area contributed by atoms with Gasteiger partial charge in [0, 0.05) is 18.7 Å². The normalized spacial score (nSPS) is 21.1. The van der Waals surface area contributed by atoms with E-state index in [1.54, 1.807) is 6.92 Å². The van der Waals surface area contributed by atoms with Gasteiger partial charge in [0.25, 0.3) is 5.91 Å². The van der Waals surface area contributed by atoms with Gasteiger partial charge in [0.15, 0.2) is 5.78 Å². The molecule has 25 heavy (non-hydrogen) atoms. The van der Waals surface area contributed by atoms with Gasteiger partial charge in [-0.2, -0.15) is 13.2 Å². The Labute approximate surface area is 145 Å². The SMILES string of the molecule is CCCCC(=O)N[C@@]1(C(F)(F)F)C(=O)N(CCCC)C(C)=C1C(C)=O. The molecule has 5 nitrogen and oxygen atoms in total. The molecule has 0 saturated carbocycles. The molecule has 0 fully saturated rings. The number of nitrogens with one attached hydrogen (secondary N) is 1. The van der Waals surface area contributed by atoms with E-state index >= 15 is 0 Å². The zero-order valence-corrected chi connectivity index (χ0v) is 15.0. The maximum Gasteiger partial charge on any atom is 0.425 e. The highest BCUT2D eigenvalue weighted by Crippen LogP contribution is 2.45. The van der Waals surface area contributed by atoms with Gasteiger partial charge in [-0.25, -0.2) is 0 Å². The number of hydrogen-bond donors (Lipinski definition) is 1. The molecular formula is C17H25F3N2O3. The molecule has 0 radical (unpaired) electrons. The number of rotatable bonds is 8. The molecule has 1 rings (SSSR count). The third-order valence-electron chi connectivity index (χ3n) is 4.30. The first-order valence-corrected chi connectivity index (χ1v) is 8.46. The minimum atomic E-state index is -5.12. The van der Waals surface area contributed by atoms with E-state index in [4.69, 9.17) is 0 Å². The minimum absolute atomic E-state index is 0.0425. The second kappa shape index (κ2) is 8.01. The van der Waals surface area contributed by atoms with Crippen LogP contribution in [0.15, 0.2) is 11.3 Å². The first-order chi connectivity index (χ1) is 11.5. The lowest BCUT2D eigenvalue weighted by Gasteiger charge is -2.33. The fourth-order valence-corrected chi connectivity index (χ4v) is 3.03. The van der Waals surface area contributed by atoms with Crippen LogP contribution >= 0.6 is 0 Å². The first-order valence-electron chi connectivity index (χ1n) is 8.46. The molecule has 1 atom stereocenters. The van der Waals surface area contributed by atoms with Crippen molar-refractivity contribution in [1.29, 1.82) is 0 Å². The van der Waals surface area contributed by atoms with Gasteiger partial charge >= 0.3 is 6.18 Å². The summed E-state index contributed by atoms with van der Waals surface area (Å²) in [7, 11) is 0. The summed E-state index contributed by atoms with van der Waals surface area (Å²) in [6.45, 7) is 6.00. The van der Waals surface area contributed by atoms with Crippen LogP contribution in [0.25, 0.3) is 0 Å². The molecule has 0 aliphatic carbocycles. The van der Waals surface area contributed by atoms with Gasteiger partial charge in [-0.05, 0) is 26.7 Å². The molecule has 1 aliphatic heterocycles. The van der Waals surface area contributed by atoms with Gasteiger partial charge in [0.05, 0.1) is 5.57 Å². The smallest absolute Gasteiger partial charge is 0.330 e.